The largest absolute Gasteiger partial charge is 0.326 e. The van der Waals surface area contributed by atoms with Crippen LogP contribution in [0.15, 0.2) is 16.6 Å². The van der Waals surface area contributed by atoms with Crippen molar-refractivity contribution >= 4 is 28.3 Å². The molecule has 0 saturated carbocycles. The molecule has 0 heterocycles. The van der Waals surface area contributed by atoms with Crippen molar-refractivity contribution in [1.29, 1.82) is 0 Å². The van der Waals surface area contributed by atoms with Gasteiger partial charge in [-0.1, -0.05) is 15.9 Å². The summed E-state index contributed by atoms with van der Waals surface area (Å²) in [5.41, 5.74) is 5.03. The van der Waals surface area contributed by atoms with E-state index in [9.17, 15) is 8.78 Å². The third kappa shape index (κ3) is 2.40. The van der Waals surface area contributed by atoms with Gasteiger partial charge in [0.2, 0.25) is 0 Å². The second-order valence-corrected chi connectivity index (χ2v) is 2.97. The average Bonchev–Trinajstić information content (AvgIpc) is 1.85. The molecule has 1 nitrogen and oxygen atoms in total. The van der Waals surface area contributed by atoms with Crippen molar-refractivity contribution in [2.24, 2.45) is 5.73 Å². The van der Waals surface area contributed by atoms with E-state index in [-0.39, 0.29) is 24.5 Å². The van der Waals surface area contributed by atoms with Gasteiger partial charge in [-0.25, -0.2) is 8.78 Å². The van der Waals surface area contributed by atoms with E-state index in [1.54, 1.807) is 0 Å². The molecule has 0 fully saturated rings. The quantitative estimate of drug-likeness (QED) is 0.823. The highest BCUT2D eigenvalue weighted by molar-refractivity contribution is 9.10. The van der Waals surface area contributed by atoms with Gasteiger partial charge in [0, 0.05) is 16.6 Å². The smallest absolute Gasteiger partial charge is 0.131 e. The van der Waals surface area contributed by atoms with Crippen LogP contribution in [0.4, 0.5) is 8.78 Å². The maximum atomic E-state index is 12.8. The van der Waals surface area contributed by atoms with Crippen molar-refractivity contribution in [3.05, 3.63) is 33.8 Å². The molecule has 0 amide bonds. The van der Waals surface area contributed by atoms with E-state index in [4.69, 9.17) is 5.73 Å². The van der Waals surface area contributed by atoms with Crippen LogP contribution in [-0.2, 0) is 6.54 Å². The number of rotatable bonds is 1. The Bertz CT molecular complexity index is 257. The molecule has 68 valence electrons. The Hall–Kier alpha value is -0.190. The molecule has 0 aliphatic carbocycles. The summed E-state index contributed by atoms with van der Waals surface area (Å²) in [5.74, 6) is -1.22. The van der Waals surface area contributed by atoms with E-state index in [1.165, 1.54) is 12.1 Å². The molecule has 0 aliphatic heterocycles. The lowest BCUT2D eigenvalue weighted by Gasteiger charge is -2.01. The molecule has 0 unspecified atom stereocenters. The van der Waals surface area contributed by atoms with Crippen LogP contribution >= 0.6 is 28.3 Å². The predicted molar refractivity (Wildman–Crippen MR) is 49.2 cm³/mol. The molecule has 1 aromatic rings. The van der Waals surface area contributed by atoms with Gasteiger partial charge in [-0.15, -0.1) is 12.4 Å². The molecule has 0 radical (unpaired) electrons. The van der Waals surface area contributed by atoms with Crippen molar-refractivity contribution < 1.29 is 8.78 Å². The van der Waals surface area contributed by atoms with Crippen molar-refractivity contribution in [2.45, 2.75) is 6.54 Å². The summed E-state index contributed by atoms with van der Waals surface area (Å²) < 4.78 is 25.9. The van der Waals surface area contributed by atoms with Crippen LogP contribution in [0.5, 0.6) is 0 Å². The van der Waals surface area contributed by atoms with Crippen molar-refractivity contribution in [1.82, 2.24) is 0 Å². The van der Waals surface area contributed by atoms with Crippen LogP contribution in [0.3, 0.4) is 0 Å². The standard InChI is InChI=1S/C7H6BrF2N.ClH/c8-4-1-6(9)5(3-11)7(10)2-4;/h1-2H,3,11H2;1H. The molecule has 0 spiro atoms. The highest BCUT2D eigenvalue weighted by Crippen LogP contribution is 2.18. The number of benzene rings is 1. The SMILES string of the molecule is Cl.NCc1c(F)cc(Br)cc1F. The van der Waals surface area contributed by atoms with Gasteiger partial charge in [-0.3, -0.25) is 0 Å². The Morgan fingerprint density at radius 2 is 1.67 bits per heavy atom. The minimum Gasteiger partial charge on any atom is -0.326 e. The fourth-order valence-electron chi connectivity index (χ4n) is 0.767. The minimum absolute atomic E-state index is 0. The second-order valence-electron chi connectivity index (χ2n) is 2.05. The van der Waals surface area contributed by atoms with Gasteiger partial charge < -0.3 is 5.73 Å². The number of hydrogen-bond acceptors (Lipinski definition) is 1. The molecule has 12 heavy (non-hydrogen) atoms. The topological polar surface area (TPSA) is 26.0 Å². The maximum absolute atomic E-state index is 12.8. The van der Waals surface area contributed by atoms with E-state index < -0.39 is 11.6 Å². The first kappa shape index (κ1) is 11.8. The number of halogens is 4. The molecule has 0 aromatic heterocycles. The van der Waals surface area contributed by atoms with Gasteiger partial charge in [0.15, 0.2) is 0 Å². The molecule has 0 bridgehead atoms. The first-order valence-corrected chi connectivity index (χ1v) is 3.78. The van der Waals surface area contributed by atoms with Crippen LogP contribution < -0.4 is 5.73 Å². The van der Waals surface area contributed by atoms with Crippen LogP contribution in [0.2, 0.25) is 0 Å². The van der Waals surface area contributed by atoms with Gasteiger partial charge in [0.25, 0.3) is 0 Å². The Labute approximate surface area is 83.5 Å². The molecule has 1 aromatic carbocycles. The zero-order chi connectivity index (χ0) is 8.43. The summed E-state index contributed by atoms with van der Waals surface area (Å²) in [6, 6.07) is 2.37. The van der Waals surface area contributed by atoms with Crippen LogP contribution in [-0.4, -0.2) is 0 Å². The Morgan fingerprint density at radius 1 is 1.25 bits per heavy atom. The monoisotopic (exact) mass is 257 g/mol. The third-order valence-electron chi connectivity index (χ3n) is 1.31. The first-order chi connectivity index (χ1) is 5.15. The lowest BCUT2D eigenvalue weighted by molar-refractivity contribution is 0.555. The molecule has 1 rings (SSSR count). The Balaban J connectivity index is 0.00000121. The van der Waals surface area contributed by atoms with Crippen molar-refractivity contribution in [3.8, 4) is 0 Å². The fourth-order valence-corrected chi connectivity index (χ4v) is 1.17. The van der Waals surface area contributed by atoms with Gasteiger partial charge >= 0.3 is 0 Å². The van der Waals surface area contributed by atoms with Gasteiger partial charge in [0.05, 0.1) is 0 Å². The summed E-state index contributed by atoms with van der Waals surface area (Å²) in [7, 11) is 0. The molecule has 5 heteroatoms. The molecule has 0 aliphatic rings. The lowest BCUT2D eigenvalue weighted by atomic mass is 10.2. The summed E-state index contributed by atoms with van der Waals surface area (Å²) in [6.07, 6.45) is 0. The van der Waals surface area contributed by atoms with Gasteiger partial charge in [0.1, 0.15) is 11.6 Å². The normalized spacial score (nSPS) is 9.33. The van der Waals surface area contributed by atoms with Crippen molar-refractivity contribution in [3.63, 3.8) is 0 Å². The van der Waals surface area contributed by atoms with E-state index in [2.05, 4.69) is 15.9 Å². The zero-order valence-electron chi connectivity index (χ0n) is 5.98. The minimum atomic E-state index is -0.612. The van der Waals surface area contributed by atoms with E-state index in [0.29, 0.717) is 4.47 Å². The third-order valence-corrected chi connectivity index (χ3v) is 1.77. The molecule has 0 saturated heterocycles. The molecular formula is C7H7BrClF2N. The Morgan fingerprint density at radius 3 is 2.00 bits per heavy atom. The molecule has 2 N–H and O–H groups in total. The predicted octanol–water partition coefficient (Wildman–Crippen LogP) is 2.61. The van der Waals surface area contributed by atoms with Crippen molar-refractivity contribution in [2.75, 3.05) is 0 Å². The number of nitrogens with two attached hydrogens (primary N) is 1. The lowest BCUT2D eigenvalue weighted by Crippen LogP contribution is -2.03. The van der Waals surface area contributed by atoms with Crippen LogP contribution in [0.25, 0.3) is 0 Å². The first-order valence-electron chi connectivity index (χ1n) is 2.98. The Kier molecular flexibility index (Phi) is 4.67. The van der Waals surface area contributed by atoms with Crippen LogP contribution in [0.1, 0.15) is 5.56 Å². The van der Waals surface area contributed by atoms with Crippen LogP contribution in [0, 0.1) is 11.6 Å². The second kappa shape index (κ2) is 4.74. The van der Waals surface area contributed by atoms with E-state index >= 15 is 0 Å². The van der Waals surface area contributed by atoms with Gasteiger partial charge in [-0.2, -0.15) is 0 Å². The average molecular weight is 258 g/mol. The van der Waals surface area contributed by atoms with E-state index in [1.807, 2.05) is 0 Å². The summed E-state index contributed by atoms with van der Waals surface area (Å²) in [6.45, 7) is -0.120. The highest BCUT2D eigenvalue weighted by atomic mass is 79.9. The highest BCUT2D eigenvalue weighted by Gasteiger charge is 2.07. The summed E-state index contributed by atoms with van der Waals surface area (Å²) in [4.78, 5) is 0. The number of hydrogen-bond donors (Lipinski definition) is 1. The zero-order valence-corrected chi connectivity index (χ0v) is 8.38. The molecule has 0 atom stereocenters. The fraction of sp³-hybridized carbons (Fsp3) is 0.143. The maximum Gasteiger partial charge on any atom is 0.131 e. The summed E-state index contributed by atoms with van der Waals surface area (Å²) in [5, 5.41) is 0. The van der Waals surface area contributed by atoms with Gasteiger partial charge in [-0.05, 0) is 12.1 Å². The molecular weight excluding hydrogens is 251 g/mol. The summed E-state index contributed by atoms with van der Waals surface area (Å²) >= 11 is 2.96. The van der Waals surface area contributed by atoms with E-state index in [0.717, 1.165) is 0 Å².